The highest BCUT2D eigenvalue weighted by molar-refractivity contribution is 6.30. The largest absolute Gasteiger partial charge is 0.449 e. The van der Waals surface area contributed by atoms with Crippen LogP contribution in [0.5, 0.6) is 0 Å². The summed E-state index contributed by atoms with van der Waals surface area (Å²) in [5.74, 6) is -0.138. The summed E-state index contributed by atoms with van der Waals surface area (Å²) in [4.78, 5) is 24.6. The summed E-state index contributed by atoms with van der Waals surface area (Å²) in [5.41, 5.74) is 0.690. The molecule has 1 aliphatic rings. The van der Waals surface area contributed by atoms with Gasteiger partial charge in [0.1, 0.15) is 0 Å². The first kappa shape index (κ1) is 13.7. The number of rotatable bonds is 4. The smallest absolute Gasteiger partial charge is 0.409 e. The fourth-order valence-electron chi connectivity index (χ4n) is 1.79. The van der Waals surface area contributed by atoms with E-state index in [1.54, 1.807) is 29.2 Å². The average molecular weight is 283 g/mol. The van der Waals surface area contributed by atoms with Gasteiger partial charge >= 0.3 is 6.09 Å². The molecule has 0 spiro atoms. The van der Waals surface area contributed by atoms with Crippen LogP contribution in [-0.4, -0.2) is 36.6 Å². The predicted octanol–water partition coefficient (Wildman–Crippen LogP) is 2.51. The number of hydrogen-bond acceptors (Lipinski definition) is 3. The van der Waals surface area contributed by atoms with Gasteiger partial charge in [-0.25, -0.2) is 4.79 Å². The summed E-state index contributed by atoms with van der Waals surface area (Å²) in [6.45, 7) is 1.48. The summed E-state index contributed by atoms with van der Waals surface area (Å²) in [7, 11) is 0. The van der Waals surface area contributed by atoms with Crippen molar-refractivity contribution in [3.63, 3.8) is 0 Å². The number of ether oxygens (including phenoxy) is 1. The molecule has 6 heteroatoms. The van der Waals surface area contributed by atoms with Crippen LogP contribution in [0.2, 0.25) is 5.02 Å². The number of cyclic esters (lactones) is 1. The molecule has 1 aliphatic heterocycles. The standard InChI is InChI=1S/C13H15ClN2O3/c14-10-2-4-11(5-3-10)15-12(17)6-8-16-7-1-9-19-13(16)18/h2-5H,1,6-9H2,(H,15,17). The Morgan fingerprint density at radius 3 is 2.79 bits per heavy atom. The van der Waals surface area contributed by atoms with E-state index in [-0.39, 0.29) is 18.4 Å². The molecule has 1 saturated heterocycles. The molecule has 0 bridgehead atoms. The van der Waals surface area contributed by atoms with E-state index in [1.807, 2.05) is 0 Å². The van der Waals surface area contributed by atoms with Gasteiger partial charge in [0.05, 0.1) is 6.61 Å². The Hall–Kier alpha value is -1.75. The molecule has 5 nitrogen and oxygen atoms in total. The lowest BCUT2D eigenvalue weighted by molar-refractivity contribution is -0.116. The van der Waals surface area contributed by atoms with Crippen molar-refractivity contribution in [1.82, 2.24) is 4.90 Å². The van der Waals surface area contributed by atoms with E-state index in [0.717, 1.165) is 6.42 Å². The summed E-state index contributed by atoms with van der Waals surface area (Å²) < 4.78 is 4.89. The molecular weight excluding hydrogens is 268 g/mol. The Balaban J connectivity index is 1.78. The summed E-state index contributed by atoms with van der Waals surface area (Å²) in [5, 5.41) is 3.37. The van der Waals surface area contributed by atoms with Gasteiger partial charge in [-0.05, 0) is 30.7 Å². The molecular formula is C13H15ClN2O3. The highest BCUT2D eigenvalue weighted by Gasteiger charge is 2.19. The van der Waals surface area contributed by atoms with E-state index in [4.69, 9.17) is 16.3 Å². The number of carbonyl (C=O) groups excluding carboxylic acids is 2. The molecule has 1 fully saturated rings. The zero-order valence-electron chi connectivity index (χ0n) is 10.4. The summed E-state index contributed by atoms with van der Waals surface area (Å²) in [6, 6.07) is 6.88. The van der Waals surface area contributed by atoms with Crippen molar-refractivity contribution in [2.24, 2.45) is 0 Å². The molecule has 0 aromatic heterocycles. The molecule has 2 rings (SSSR count). The third kappa shape index (κ3) is 4.13. The lowest BCUT2D eigenvalue weighted by Gasteiger charge is -2.25. The van der Waals surface area contributed by atoms with E-state index in [9.17, 15) is 9.59 Å². The molecule has 0 aliphatic carbocycles. The Bertz CT molecular complexity index is 461. The minimum Gasteiger partial charge on any atom is -0.449 e. The van der Waals surface area contributed by atoms with Gasteiger partial charge in [-0.15, -0.1) is 0 Å². The Kier molecular flexibility index (Phi) is 4.63. The molecule has 1 aromatic carbocycles. The van der Waals surface area contributed by atoms with Crippen LogP contribution >= 0.6 is 11.6 Å². The zero-order chi connectivity index (χ0) is 13.7. The number of carbonyl (C=O) groups is 2. The number of nitrogens with one attached hydrogen (secondary N) is 1. The van der Waals surface area contributed by atoms with Crippen molar-refractivity contribution < 1.29 is 14.3 Å². The van der Waals surface area contributed by atoms with Crippen LogP contribution in [0.25, 0.3) is 0 Å². The molecule has 0 unspecified atom stereocenters. The highest BCUT2D eigenvalue weighted by Crippen LogP contribution is 2.13. The van der Waals surface area contributed by atoms with Gasteiger partial charge in [0.15, 0.2) is 0 Å². The van der Waals surface area contributed by atoms with Crippen molar-refractivity contribution in [2.45, 2.75) is 12.8 Å². The molecule has 102 valence electrons. The van der Waals surface area contributed by atoms with Gasteiger partial charge in [0.2, 0.25) is 5.91 Å². The molecule has 19 heavy (non-hydrogen) atoms. The van der Waals surface area contributed by atoms with Gasteiger partial charge in [0, 0.05) is 30.2 Å². The minimum atomic E-state index is -0.342. The van der Waals surface area contributed by atoms with Crippen molar-refractivity contribution in [3.05, 3.63) is 29.3 Å². The zero-order valence-corrected chi connectivity index (χ0v) is 11.2. The topological polar surface area (TPSA) is 58.6 Å². The van der Waals surface area contributed by atoms with Crippen LogP contribution in [-0.2, 0) is 9.53 Å². The van der Waals surface area contributed by atoms with Crippen molar-refractivity contribution >= 4 is 29.3 Å². The molecule has 1 N–H and O–H groups in total. The minimum absolute atomic E-state index is 0.138. The first-order valence-electron chi connectivity index (χ1n) is 6.12. The number of amides is 2. The van der Waals surface area contributed by atoms with E-state index in [2.05, 4.69) is 5.32 Å². The van der Waals surface area contributed by atoms with E-state index in [1.165, 1.54) is 0 Å². The molecule has 0 saturated carbocycles. The van der Waals surface area contributed by atoms with Crippen LogP contribution in [0.4, 0.5) is 10.5 Å². The molecule has 0 radical (unpaired) electrons. The molecule has 2 amide bonds. The second kappa shape index (κ2) is 6.43. The highest BCUT2D eigenvalue weighted by atomic mass is 35.5. The number of benzene rings is 1. The third-order valence-electron chi connectivity index (χ3n) is 2.79. The van der Waals surface area contributed by atoms with Crippen molar-refractivity contribution in [3.8, 4) is 0 Å². The van der Waals surface area contributed by atoms with Crippen LogP contribution in [0.15, 0.2) is 24.3 Å². The molecule has 0 atom stereocenters. The Morgan fingerprint density at radius 1 is 1.37 bits per heavy atom. The van der Waals surface area contributed by atoms with Gasteiger partial charge < -0.3 is 15.0 Å². The van der Waals surface area contributed by atoms with E-state index in [0.29, 0.717) is 30.4 Å². The van der Waals surface area contributed by atoms with Crippen LogP contribution in [0, 0.1) is 0 Å². The Morgan fingerprint density at radius 2 is 2.11 bits per heavy atom. The van der Waals surface area contributed by atoms with Gasteiger partial charge in [-0.1, -0.05) is 11.6 Å². The maximum Gasteiger partial charge on any atom is 0.409 e. The quantitative estimate of drug-likeness (QED) is 0.923. The van der Waals surface area contributed by atoms with Crippen LogP contribution in [0.1, 0.15) is 12.8 Å². The summed E-state index contributed by atoms with van der Waals surface area (Å²) in [6.07, 6.45) is 0.716. The van der Waals surface area contributed by atoms with E-state index < -0.39 is 0 Å². The lowest BCUT2D eigenvalue weighted by atomic mass is 10.3. The fraction of sp³-hybridized carbons (Fsp3) is 0.385. The Labute approximate surface area is 116 Å². The first-order valence-corrected chi connectivity index (χ1v) is 6.50. The number of hydrogen-bond donors (Lipinski definition) is 1. The maximum atomic E-state index is 11.7. The fourth-order valence-corrected chi connectivity index (χ4v) is 1.92. The van der Waals surface area contributed by atoms with Crippen molar-refractivity contribution in [1.29, 1.82) is 0 Å². The van der Waals surface area contributed by atoms with Crippen molar-refractivity contribution in [2.75, 3.05) is 25.0 Å². The second-order valence-corrected chi connectivity index (χ2v) is 4.70. The third-order valence-corrected chi connectivity index (χ3v) is 3.04. The lowest BCUT2D eigenvalue weighted by Crippen LogP contribution is -2.39. The SMILES string of the molecule is O=C(CCN1CCCOC1=O)Nc1ccc(Cl)cc1. The van der Waals surface area contributed by atoms with E-state index >= 15 is 0 Å². The maximum absolute atomic E-state index is 11.7. The molecule has 1 aromatic rings. The number of halogens is 1. The van der Waals surface area contributed by atoms with Crippen LogP contribution in [0.3, 0.4) is 0 Å². The normalized spacial score (nSPS) is 15.0. The predicted molar refractivity (Wildman–Crippen MR) is 72.2 cm³/mol. The monoisotopic (exact) mass is 282 g/mol. The number of anilines is 1. The summed E-state index contributed by atoms with van der Waals surface area (Å²) >= 11 is 5.76. The average Bonchev–Trinajstić information content (AvgIpc) is 2.40. The van der Waals surface area contributed by atoms with Gasteiger partial charge in [-0.2, -0.15) is 0 Å². The number of nitrogens with zero attached hydrogens (tertiary/aromatic N) is 1. The second-order valence-electron chi connectivity index (χ2n) is 4.26. The van der Waals surface area contributed by atoms with Crippen LogP contribution < -0.4 is 5.32 Å². The van der Waals surface area contributed by atoms with Gasteiger partial charge in [0.25, 0.3) is 0 Å². The molecule has 1 heterocycles. The van der Waals surface area contributed by atoms with Gasteiger partial charge in [-0.3, -0.25) is 4.79 Å². The first-order chi connectivity index (χ1) is 9.15.